The van der Waals surface area contributed by atoms with E-state index in [0.29, 0.717) is 31.7 Å². The molecule has 2 heterocycles. The average Bonchev–Trinajstić information content (AvgIpc) is 3.34. The SMILES string of the molecule is CC[C@H](C)[C@H](NC(=O)[C@H](Cc1c[nH]c2ccc(OC)cc12)NC(=O)CCC1OCCCN1C(=O)OC(C)(C)C)C(=O)O. The zero-order chi connectivity index (χ0) is 31.0. The van der Waals surface area contributed by atoms with Gasteiger partial charge in [-0.3, -0.25) is 14.5 Å². The number of carbonyl (C=O) groups is 4. The number of nitrogens with one attached hydrogen (secondary N) is 3. The molecule has 42 heavy (non-hydrogen) atoms. The monoisotopic (exact) mass is 588 g/mol. The van der Waals surface area contributed by atoms with Crippen LogP contribution in [0.4, 0.5) is 4.79 Å². The largest absolute Gasteiger partial charge is 0.497 e. The van der Waals surface area contributed by atoms with E-state index in [1.807, 2.05) is 25.1 Å². The summed E-state index contributed by atoms with van der Waals surface area (Å²) in [5.74, 6) is -1.85. The smallest absolute Gasteiger partial charge is 0.412 e. The molecule has 1 fully saturated rings. The number of fused-ring (bicyclic) bond motifs is 1. The van der Waals surface area contributed by atoms with Gasteiger partial charge in [0, 0.05) is 42.9 Å². The summed E-state index contributed by atoms with van der Waals surface area (Å²) in [5, 5.41) is 16.0. The van der Waals surface area contributed by atoms with Crippen LogP contribution in [0.3, 0.4) is 0 Å². The third kappa shape index (κ3) is 8.85. The molecule has 12 nitrogen and oxygen atoms in total. The summed E-state index contributed by atoms with van der Waals surface area (Å²) in [5.41, 5.74) is 0.912. The fourth-order valence-corrected chi connectivity index (χ4v) is 4.80. The summed E-state index contributed by atoms with van der Waals surface area (Å²) >= 11 is 0. The van der Waals surface area contributed by atoms with Crippen LogP contribution in [0.25, 0.3) is 10.9 Å². The Morgan fingerprint density at radius 1 is 1.21 bits per heavy atom. The molecule has 0 radical (unpaired) electrons. The van der Waals surface area contributed by atoms with Crippen molar-refractivity contribution in [1.82, 2.24) is 20.5 Å². The molecule has 1 aliphatic rings. The Morgan fingerprint density at radius 2 is 1.95 bits per heavy atom. The molecule has 0 saturated carbocycles. The van der Waals surface area contributed by atoms with Crippen LogP contribution < -0.4 is 15.4 Å². The molecule has 1 aromatic heterocycles. The van der Waals surface area contributed by atoms with E-state index in [9.17, 15) is 24.3 Å². The molecule has 1 saturated heterocycles. The number of aromatic amines is 1. The normalized spacial score (nSPS) is 17.7. The summed E-state index contributed by atoms with van der Waals surface area (Å²) in [6, 6.07) is 3.34. The van der Waals surface area contributed by atoms with Gasteiger partial charge >= 0.3 is 12.1 Å². The molecule has 0 spiro atoms. The highest BCUT2D eigenvalue weighted by molar-refractivity contribution is 5.92. The number of rotatable bonds is 12. The zero-order valence-electron chi connectivity index (χ0n) is 25.3. The maximum Gasteiger partial charge on any atom is 0.412 e. The van der Waals surface area contributed by atoms with Crippen molar-refractivity contribution in [3.05, 3.63) is 30.0 Å². The van der Waals surface area contributed by atoms with Crippen molar-refractivity contribution in [3.8, 4) is 5.75 Å². The number of aliphatic carboxylic acids is 1. The number of benzene rings is 1. The highest BCUT2D eigenvalue weighted by atomic mass is 16.6. The number of ether oxygens (including phenoxy) is 3. The minimum Gasteiger partial charge on any atom is -0.497 e. The predicted molar refractivity (Wildman–Crippen MR) is 156 cm³/mol. The third-order valence-corrected chi connectivity index (χ3v) is 7.27. The van der Waals surface area contributed by atoms with Crippen molar-refractivity contribution in [2.75, 3.05) is 20.3 Å². The van der Waals surface area contributed by atoms with Crippen LogP contribution in [-0.4, -0.2) is 83.0 Å². The van der Waals surface area contributed by atoms with E-state index >= 15 is 0 Å². The Balaban J connectivity index is 1.77. The second-order valence-electron chi connectivity index (χ2n) is 11.7. The summed E-state index contributed by atoms with van der Waals surface area (Å²) in [6.45, 7) is 9.84. The second kappa shape index (κ2) is 14.4. The van der Waals surface area contributed by atoms with Gasteiger partial charge in [-0.05, 0) is 56.9 Å². The molecule has 0 bridgehead atoms. The van der Waals surface area contributed by atoms with Crippen molar-refractivity contribution in [2.45, 2.75) is 90.6 Å². The Hall–Kier alpha value is -3.80. The van der Waals surface area contributed by atoms with E-state index in [-0.39, 0.29) is 25.2 Å². The molecule has 4 atom stereocenters. The summed E-state index contributed by atoms with van der Waals surface area (Å²) in [4.78, 5) is 55.9. The standard InChI is InChI=1S/C30H44N4O8/c1-7-18(2)26(28(37)38)33-27(36)23(15-19-17-31-22-10-9-20(40-6)16-21(19)22)32-24(35)11-12-25-34(13-8-14-41-25)29(39)42-30(3,4)5/h9-10,16-18,23,25-26,31H,7-8,11-15H2,1-6H3,(H,32,35)(H,33,36)(H,37,38)/t18-,23-,25?,26-/m0/s1. The number of H-pyrrole nitrogens is 1. The predicted octanol–water partition coefficient (Wildman–Crippen LogP) is 3.58. The lowest BCUT2D eigenvalue weighted by atomic mass is 9.98. The Morgan fingerprint density at radius 3 is 2.60 bits per heavy atom. The number of carbonyl (C=O) groups excluding carboxylic acids is 3. The molecule has 4 N–H and O–H groups in total. The number of amides is 3. The van der Waals surface area contributed by atoms with Gasteiger partial charge < -0.3 is 34.9 Å². The lowest BCUT2D eigenvalue weighted by Crippen LogP contribution is -2.54. The molecule has 232 valence electrons. The van der Waals surface area contributed by atoms with Gasteiger partial charge in [-0.2, -0.15) is 0 Å². The first-order valence-corrected chi connectivity index (χ1v) is 14.4. The molecule has 0 aliphatic carbocycles. The molecule has 3 rings (SSSR count). The Labute approximate surface area is 246 Å². The fraction of sp³-hybridized carbons (Fsp3) is 0.600. The van der Waals surface area contributed by atoms with Gasteiger partial charge in [-0.1, -0.05) is 20.3 Å². The van der Waals surface area contributed by atoms with Crippen molar-refractivity contribution < 1.29 is 38.5 Å². The van der Waals surface area contributed by atoms with Crippen molar-refractivity contribution in [2.24, 2.45) is 5.92 Å². The molecule has 3 amide bonds. The molecular weight excluding hydrogens is 544 g/mol. The number of hydrogen-bond donors (Lipinski definition) is 4. The first-order valence-electron chi connectivity index (χ1n) is 14.4. The number of nitrogens with zero attached hydrogens (tertiary/aromatic N) is 1. The van der Waals surface area contributed by atoms with Crippen LogP contribution in [0.5, 0.6) is 5.75 Å². The first kappa shape index (κ1) is 32.7. The molecule has 1 aliphatic heterocycles. The molecule has 1 aromatic carbocycles. The topological polar surface area (TPSA) is 159 Å². The number of carboxylic acids is 1. The highest BCUT2D eigenvalue weighted by Crippen LogP contribution is 2.25. The Bertz CT molecular complexity index is 1250. The number of carboxylic acid groups (broad SMARTS) is 1. The lowest BCUT2D eigenvalue weighted by molar-refractivity contribution is -0.143. The number of methoxy groups -OCH3 is 1. The van der Waals surface area contributed by atoms with Gasteiger partial charge in [-0.25, -0.2) is 9.59 Å². The minimum atomic E-state index is -1.14. The summed E-state index contributed by atoms with van der Waals surface area (Å²) in [6.07, 6.45) is 2.10. The van der Waals surface area contributed by atoms with Crippen LogP contribution in [-0.2, 0) is 30.3 Å². The van der Waals surface area contributed by atoms with Crippen LogP contribution in [0.1, 0.15) is 65.9 Å². The van der Waals surface area contributed by atoms with E-state index in [1.165, 1.54) is 4.90 Å². The molecular formula is C30H44N4O8. The van der Waals surface area contributed by atoms with Crippen LogP contribution in [0, 0.1) is 5.92 Å². The van der Waals surface area contributed by atoms with Gasteiger partial charge in [-0.15, -0.1) is 0 Å². The quantitative estimate of drug-likeness (QED) is 0.293. The van der Waals surface area contributed by atoms with E-state index in [0.717, 1.165) is 16.5 Å². The van der Waals surface area contributed by atoms with E-state index in [4.69, 9.17) is 14.2 Å². The van der Waals surface area contributed by atoms with Crippen molar-refractivity contribution in [3.63, 3.8) is 0 Å². The summed E-state index contributed by atoms with van der Waals surface area (Å²) in [7, 11) is 1.56. The second-order valence-corrected chi connectivity index (χ2v) is 11.7. The van der Waals surface area contributed by atoms with Gasteiger partial charge in [0.2, 0.25) is 11.8 Å². The third-order valence-electron chi connectivity index (χ3n) is 7.27. The van der Waals surface area contributed by atoms with E-state index in [1.54, 1.807) is 41.0 Å². The van der Waals surface area contributed by atoms with Gasteiger partial charge in [0.25, 0.3) is 0 Å². The van der Waals surface area contributed by atoms with Crippen LogP contribution in [0.2, 0.25) is 0 Å². The number of hydrogen-bond acceptors (Lipinski definition) is 7. The highest BCUT2D eigenvalue weighted by Gasteiger charge is 2.33. The van der Waals surface area contributed by atoms with Crippen LogP contribution >= 0.6 is 0 Å². The van der Waals surface area contributed by atoms with Crippen molar-refractivity contribution in [1.29, 1.82) is 0 Å². The molecule has 12 heteroatoms. The molecule has 2 aromatic rings. The van der Waals surface area contributed by atoms with Gasteiger partial charge in [0.15, 0.2) is 0 Å². The minimum absolute atomic E-state index is 0.0246. The van der Waals surface area contributed by atoms with Crippen molar-refractivity contribution >= 4 is 34.8 Å². The summed E-state index contributed by atoms with van der Waals surface area (Å²) < 4.78 is 16.6. The first-order chi connectivity index (χ1) is 19.8. The fourth-order valence-electron chi connectivity index (χ4n) is 4.80. The number of aromatic nitrogens is 1. The van der Waals surface area contributed by atoms with Gasteiger partial charge in [0.05, 0.1) is 13.7 Å². The zero-order valence-corrected chi connectivity index (χ0v) is 25.3. The molecule has 1 unspecified atom stereocenters. The average molecular weight is 589 g/mol. The maximum atomic E-state index is 13.5. The van der Waals surface area contributed by atoms with E-state index < -0.39 is 47.8 Å². The van der Waals surface area contributed by atoms with E-state index in [2.05, 4.69) is 15.6 Å². The lowest BCUT2D eigenvalue weighted by Gasteiger charge is -2.36. The maximum absolute atomic E-state index is 13.5. The Kier molecular flexibility index (Phi) is 11.2. The van der Waals surface area contributed by atoms with Gasteiger partial charge in [0.1, 0.15) is 29.7 Å². The van der Waals surface area contributed by atoms with Crippen LogP contribution in [0.15, 0.2) is 24.4 Å².